The van der Waals surface area contributed by atoms with Gasteiger partial charge >= 0.3 is 0 Å². The van der Waals surface area contributed by atoms with Crippen LogP contribution in [-0.4, -0.2) is 36.6 Å². The van der Waals surface area contributed by atoms with E-state index in [1.807, 2.05) is 0 Å². The van der Waals surface area contributed by atoms with E-state index in [1.165, 1.54) is 19.4 Å². The van der Waals surface area contributed by atoms with Crippen LogP contribution in [0.1, 0.15) is 33.6 Å². The molecule has 0 heterocycles. The van der Waals surface area contributed by atoms with Crippen LogP contribution in [0.15, 0.2) is 0 Å². The summed E-state index contributed by atoms with van der Waals surface area (Å²) in [6, 6.07) is 0. The third-order valence-electron chi connectivity index (χ3n) is 2.61. The van der Waals surface area contributed by atoms with Crippen LogP contribution in [0.3, 0.4) is 0 Å². The summed E-state index contributed by atoms with van der Waals surface area (Å²) in [5.74, 6) is 3.67. The van der Waals surface area contributed by atoms with Crippen molar-refractivity contribution in [3.63, 3.8) is 0 Å². The number of hydrogen-bond acceptors (Lipinski definition) is 2. The minimum Gasteiger partial charge on any atom is -0.311 e. The van der Waals surface area contributed by atoms with Crippen molar-refractivity contribution in [3.05, 3.63) is 0 Å². The maximum absolute atomic E-state index is 5.37. The van der Waals surface area contributed by atoms with Crippen LogP contribution in [-0.2, 0) is 0 Å². The topological polar surface area (TPSA) is 15.3 Å². The highest BCUT2D eigenvalue weighted by molar-refractivity contribution is 4.90. The predicted molar refractivity (Wildman–Crippen MR) is 65.8 cm³/mol. The third-order valence-corrected chi connectivity index (χ3v) is 2.61. The molecule has 0 aromatic heterocycles. The molecule has 0 unspecified atom stereocenters. The fourth-order valence-electron chi connectivity index (χ4n) is 1.62. The summed E-state index contributed by atoms with van der Waals surface area (Å²) in [4.78, 5) is 2.39. The Morgan fingerprint density at radius 1 is 1.40 bits per heavy atom. The van der Waals surface area contributed by atoms with Gasteiger partial charge in [0, 0.05) is 25.2 Å². The van der Waals surface area contributed by atoms with Crippen molar-refractivity contribution in [1.82, 2.24) is 10.2 Å². The van der Waals surface area contributed by atoms with Gasteiger partial charge in [0.15, 0.2) is 0 Å². The van der Waals surface area contributed by atoms with E-state index >= 15 is 0 Å². The Balaban J connectivity index is 2.16. The molecule has 1 fully saturated rings. The van der Waals surface area contributed by atoms with Crippen molar-refractivity contribution in [2.45, 2.75) is 39.2 Å². The largest absolute Gasteiger partial charge is 0.311 e. The first-order valence-electron chi connectivity index (χ1n) is 5.92. The van der Waals surface area contributed by atoms with Gasteiger partial charge < -0.3 is 5.32 Å². The summed E-state index contributed by atoms with van der Waals surface area (Å²) in [5.41, 5.74) is 0.210. The molecular weight excluding hydrogens is 184 g/mol. The van der Waals surface area contributed by atoms with Gasteiger partial charge in [-0.1, -0.05) is 5.92 Å². The van der Waals surface area contributed by atoms with Gasteiger partial charge in [-0.05, 0) is 39.5 Å². The Hall–Kier alpha value is -0.520. The lowest BCUT2D eigenvalue weighted by atomic mass is 10.1. The SMILES string of the molecule is C#CCN(CCNC(C)(C)C)CC1CC1. The third kappa shape index (κ3) is 6.54. The molecular formula is C13H24N2. The van der Waals surface area contributed by atoms with Crippen LogP contribution < -0.4 is 5.32 Å². The fourth-order valence-corrected chi connectivity index (χ4v) is 1.62. The zero-order valence-corrected chi connectivity index (χ0v) is 10.3. The predicted octanol–water partition coefficient (Wildman–Crippen LogP) is 1.72. The number of terminal acetylenes is 1. The first-order valence-corrected chi connectivity index (χ1v) is 5.92. The summed E-state index contributed by atoms with van der Waals surface area (Å²) >= 11 is 0. The molecule has 0 atom stereocenters. The van der Waals surface area contributed by atoms with Crippen LogP contribution in [0.25, 0.3) is 0 Å². The van der Waals surface area contributed by atoms with Crippen LogP contribution in [0.4, 0.5) is 0 Å². The van der Waals surface area contributed by atoms with E-state index in [2.05, 4.69) is 36.9 Å². The summed E-state index contributed by atoms with van der Waals surface area (Å²) in [6.07, 6.45) is 8.16. The highest BCUT2D eigenvalue weighted by Crippen LogP contribution is 2.29. The van der Waals surface area contributed by atoms with Gasteiger partial charge in [0.05, 0.1) is 6.54 Å². The molecule has 0 aromatic carbocycles. The molecule has 86 valence electrons. The normalized spacial score (nSPS) is 16.7. The molecule has 2 heteroatoms. The summed E-state index contributed by atoms with van der Waals surface area (Å²) in [6.45, 7) is 10.7. The van der Waals surface area contributed by atoms with E-state index in [4.69, 9.17) is 6.42 Å². The van der Waals surface area contributed by atoms with Gasteiger partial charge in [0.1, 0.15) is 0 Å². The monoisotopic (exact) mass is 208 g/mol. The number of rotatable bonds is 6. The van der Waals surface area contributed by atoms with Crippen LogP contribution in [0.5, 0.6) is 0 Å². The van der Waals surface area contributed by atoms with E-state index in [1.54, 1.807) is 0 Å². The molecule has 0 radical (unpaired) electrons. The van der Waals surface area contributed by atoms with E-state index in [-0.39, 0.29) is 5.54 Å². The van der Waals surface area contributed by atoms with Crippen molar-refractivity contribution >= 4 is 0 Å². The zero-order valence-electron chi connectivity index (χ0n) is 10.3. The molecule has 1 aliphatic carbocycles. The minimum absolute atomic E-state index is 0.210. The molecule has 1 saturated carbocycles. The number of nitrogens with one attached hydrogen (secondary N) is 1. The lowest BCUT2D eigenvalue weighted by Gasteiger charge is -2.24. The van der Waals surface area contributed by atoms with Gasteiger partial charge in [0.25, 0.3) is 0 Å². The molecule has 0 spiro atoms. The lowest BCUT2D eigenvalue weighted by Crippen LogP contribution is -2.42. The second kappa shape index (κ2) is 5.53. The average molecular weight is 208 g/mol. The second-order valence-electron chi connectivity index (χ2n) is 5.56. The maximum Gasteiger partial charge on any atom is 0.0599 e. The van der Waals surface area contributed by atoms with E-state index in [0.717, 1.165) is 25.6 Å². The summed E-state index contributed by atoms with van der Waals surface area (Å²) in [7, 11) is 0. The standard InChI is InChI=1S/C13H24N2/c1-5-9-15(11-12-6-7-12)10-8-14-13(2,3)4/h1,12,14H,6-11H2,2-4H3. The van der Waals surface area contributed by atoms with E-state index in [0.29, 0.717) is 0 Å². The molecule has 0 aliphatic heterocycles. The van der Waals surface area contributed by atoms with Gasteiger partial charge in [-0.3, -0.25) is 4.90 Å². The van der Waals surface area contributed by atoms with Crippen LogP contribution in [0, 0.1) is 18.3 Å². The average Bonchev–Trinajstić information content (AvgIpc) is 2.86. The van der Waals surface area contributed by atoms with Crippen LogP contribution >= 0.6 is 0 Å². The maximum atomic E-state index is 5.37. The van der Waals surface area contributed by atoms with Crippen molar-refractivity contribution in [2.75, 3.05) is 26.2 Å². The van der Waals surface area contributed by atoms with Gasteiger partial charge in [-0.25, -0.2) is 0 Å². The van der Waals surface area contributed by atoms with Crippen molar-refractivity contribution in [1.29, 1.82) is 0 Å². The molecule has 0 amide bonds. The Morgan fingerprint density at radius 2 is 2.07 bits per heavy atom. The van der Waals surface area contributed by atoms with Gasteiger partial charge in [0.2, 0.25) is 0 Å². The van der Waals surface area contributed by atoms with Crippen molar-refractivity contribution in [3.8, 4) is 12.3 Å². The molecule has 1 N–H and O–H groups in total. The molecule has 0 saturated heterocycles. The minimum atomic E-state index is 0.210. The first kappa shape index (κ1) is 12.5. The molecule has 2 nitrogen and oxygen atoms in total. The zero-order chi connectivity index (χ0) is 11.3. The molecule has 0 bridgehead atoms. The molecule has 0 aromatic rings. The van der Waals surface area contributed by atoms with Crippen LogP contribution in [0.2, 0.25) is 0 Å². The Kier molecular flexibility index (Phi) is 4.63. The number of hydrogen-bond donors (Lipinski definition) is 1. The smallest absolute Gasteiger partial charge is 0.0599 e. The van der Waals surface area contributed by atoms with E-state index in [9.17, 15) is 0 Å². The van der Waals surface area contributed by atoms with Crippen molar-refractivity contribution in [2.24, 2.45) is 5.92 Å². The lowest BCUT2D eigenvalue weighted by molar-refractivity contribution is 0.278. The van der Waals surface area contributed by atoms with Gasteiger partial charge in [-0.2, -0.15) is 0 Å². The Morgan fingerprint density at radius 3 is 2.53 bits per heavy atom. The first-order chi connectivity index (χ1) is 7.01. The van der Waals surface area contributed by atoms with Gasteiger partial charge in [-0.15, -0.1) is 6.42 Å². The summed E-state index contributed by atoms with van der Waals surface area (Å²) in [5, 5.41) is 3.49. The molecule has 1 rings (SSSR count). The number of nitrogens with zero attached hydrogens (tertiary/aromatic N) is 1. The second-order valence-corrected chi connectivity index (χ2v) is 5.56. The molecule has 1 aliphatic rings. The quantitative estimate of drug-likeness (QED) is 0.669. The molecule has 15 heavy (non-hydrogen) atoms. The van der Waals surface area contributed by atoms with E-state index < -0.39 is 0 Å². The Labute approximate surface area is 94.4 Å². The van der Waals surface area contributed by atoms with Crippen molar-refractivity contribution < 1.29 is 0 Å². The fraction of sp³-hybridized carbons (Fsp3) is 0.846. The summed E-state index contributed by atoms with van der Waals surface area (Å²) < 4.78 is 0. The Bertz CT molecular complexity index is 218. The highest BCUT2D eigenvalue weighted by atomic mass is 15.1. The highest BCUT2D eigenvalue weighted by Gasteiger charge is 2.23.